The Labute approximate surface area is 155 Å². The number of aromatic carboxylic acids is 1. The average Bonchev–Trinajstić information content (AvgIpc) is 2.87. The molecule has 0 fully saturated rings. The number of phenols is 1. The fourth-order valence-electron chi connectivity index (χ4n) is 2.85. The highest BCUT2D eigenvalue weighted by molar-refractivity contribution is 6.30. The Kier molecular flexibility index (Phi) is 4.82. The van der Waals surface area contributed by atoms with Crippen LogP contribution in [0.15, 0.2) is 53.5 Å². The lowest BCUT2D eigenvalue weighted by atomic mass is 10.2. The third-order valence-electron chi connectivity index (χ3n) is 4.10. The minimum absolute atomic E-state index is 0.177. The van der Waals surface area contributed by atoms with Crippen molar-refractivity contribution in [2.24, 2.45) is 4.99 Å². The first-order valence-corrected chi connectivity index (χ1v) is 8.30. The lowest BCUT2D eigenvalue weighted by molar-refractivity contribution is 0.0694. The molecule has 6 heteroatoms. The SMILES string of the molecule is Cc1cc(C=Nc2ccc(O)c(C(=O)O)c2)c(C)n1-c1cccc(Cl)c1. The molecule has 0 saturated heterocycles. The Morgan fingerprint density at radius 1 is 1.15 bits per heavy atom. The number of aliphatic imine (C=N–C) groups is 1. The van der Waals surface area contributed by atoms with Gasteiger partial charge in [-0.25, -0.2) is 4.79 Å². The van der Waals surface area contributed by atoms with Crippen LogP contribution in [0.1, 0.15) is 27.3 Å². The molecule has 0 bridgehead atoms. The molecular weight excluding hydrogens is 352 g/mol. The highest BCUT2D eigenvalue weighted by Crippen LogP contribution is 2.25. The Morgan fingerprint density at radius 3 is 2.62 bits per heavy atom. The van der Waals surface area contributed by atoms with Crippen molar-refractivity contribution in [2.75, 3.05) is 0 Å². The number of carboxylic acid groups (broad SMARTS) is 1. The summed E-state index contributed by atoms with van der Waals surface area (Å²) in [6.45, 7) is 3.98. The fourth-order valence-corrected chi connectivity index (χ4v) is 3.04. The Hall–Kier alpha value is -3.05. The molecule has 0 spiro atoms. The van der Waals surface area contributed by atoms with Crippen molar-refractivity contribution < 1.29 is 15.0 Å². The predicted molar refractivity (Wildman–Crippen MR) is 103 cm³/mol. The second-order valence-corrected chi connectivity index (χ2v) is 6.34. The maximum Gasteiger partial charge on any atom is 0.339 e. The minimum atomic E-state index is -1.20. The molecule has 2 aromatic carbocycles. The molecule has 132 valence electrons. The number of aryl methyl sites for hydroxylation is 1. The highest BCUT2D eigenvalue weighted by Gasteiger charge is 2.11. The Balaban J connectivity index is 1.97. The van der Waals surface area contributed by atoms with Crippen molar-refractivity contribution >= 4 is 29.5 Å². The second kappa shape index (κ2) is 7.06. The van der Waals surface area contributed by atoms with E-state index in [-0.39, 0.29) is 11.3 Å². The number of benzene rings is 2. The van der Waals surface area contributed by atoms with Gasteiger partial charge in [0.1, 0.15) is 11.3 Å². The van der Waals surface area contributed by atoms with Gasteiger partial charge >= 0.3 is 5.97 Å². The van der Waals surface area contributed by atoms with Crippen molar-refractivity contribution in [3.05, 3.63) is 76.1 Å². The summed E-state index contributed by atoms with van der Waals surface area (Å²) < 4.78 is 2.08. The summed E-state index contributed by atoms with van der Waals surface area (Å²) in [6.07, 6.45) is 1.68. The van der Waals surface area contributed by atoms with Gasteiger partial charge in [-0.2, -0.15) is 0 Å². The van der Waals surface area contributed by atoms with E-state index in [2.05, 4.69) is 9.56 Å². The summed E-state index contributed by atoms with van der Waals surface area (Å²) >= 11 is 6.09. The molecular formula is C20H17ClN2O3. The van der Waals surface area contributed by atoms with E-state index in [1.807, 2.05) is 44.2 Å². The molecule has 0 aliphatic carbocycles. The summed E-state index contributed by atoms with van der Waals surface area (Å²) in [4.78, 5) is 15.5. The van der Waals surface area contributed by atoms with Crippen molar-refractivity contribution in [1.29, 1.82) is 0 Å². The maximum absolute atomic E-state index is 11.1. The molecule has 3 rings (SSSR count). The fraction of sp³-hybridized carbons (Fsp3) is 0.100. The molecule has 0 unspecified atom stereocenters. The summed E-state index contributed by atoms with van der Waals surface area (Å²) in [5.41, 5.74) is 4.17. The van der Waals surface area contributed by atoms with Gasteiger partial charge in [-0.1, -0.05) is 17.7 Å². The number of nitrogens with zero attached hydrogens (tertiary/aromatic N) is 2. The van der Waals surface area contributed by atoms with Gasteiger partial charge in [0.2, 0.25) is 0 Å². The number of aromatic hydroxyl groups is 1. The van der Waals surface area contributed by atoms with Gasteiger partial charge in [-0.05, 0) is 56.3 Å². The number of carbonyl (C=O) groups is 1. The second-order valence-electron chi connectivity index (χ2n) is 5.91. The zero-order valence-corrected chi connectivity index (χ0v) is 15.0. The molecule has 5 nitrogen and oxygen atoms in total. The molecule has 3 aromatic rings. The van der Waals surface area contributed by atoms with E-state index in [1.54, 1.807) is 12.3 Å². The summed E-state index contributed by atoms with van der Waals surface area (Å²) in [5.74, 6) is -1.48. The van der Waals surface area contributed by atoms with Gasteiger partial charge in [-0.15, -0.1) is 0 Å². The molecule has 2 N–H and O–H groups in total. The largest absolute Gasteiger partial charge is 0.507 e. The van der Waals surface area contributed by atoms with E-state index in [0.717, 1.165) is 22.6 Å². The normalized spacial score (nSPS) is 11.2. The van der Waals surface area contributed by atoms with Gasteiger partial charge in [0.15, 0.2) is 0 Å². The van der Waals surface area contributed by atoms with Crippen LogP contribution in [0.3, 0.4) is 0 Å². The minimum Gasteiger partial charge on any atom is -0.507 e. The van der Waals surface area contributed by atoms with E-state index >= 15 is 0 Å². The lowest BCUT2D eigenvalue weighted by Gasteiger charge is -2.09. The lowest BCUT2D eigenvalue weighted by Crippen LogP contribution is -1.99. The van der Waals surface area contributed by atoms with Crippen LogP contribution in [0.4, 0.5) is 5.69 Å². The van der Waals surface area contributed by atoms with E-state index in [1.165, 1.54) is 12.1 Å². The van der Waals surface area contributed by atoms with Crippen molar-refractivity contribution in [1.82, 2.24) is 4.57 Å². The van der Waals surface area contributed by atoms with Crippen LogP contribution in [-0.2, 0) is 0 Å². The van der Waals surface area contributed by atoms with Crippen LogP contribution in [0.5, 0.6) is 5.75 Å². The third kappa shape index (κ3) is 3.48. The van der Waals surface area contributed by atoms with Crippen LogP contribution < -0.4 is 0 Å². The van der Waals surface area contributed by atoms with Gasteiger partial charge in [0, 0.05) is 33.9 Å². The van der Waals surface area contributed by atoms with Crippen molar-refractivity contribution in [2.45, 2.75) is 13.8 Å². The third-order valence-corrected chi connectivity index (χ3v) is 4.34. The van der Waals surface area contributed by atoms with Gasteiger partial charge in [0.25, 0.3) is 0 Å². The number of rotatable bonds is 4. The Bertz CT molecular complexity index is 1020. The molecule has 26 heavy (non-hydrogen) atoms. The van der Waals surface area contributed by atoms with Crippen LogP contribution in [0.25, 0.3) is 5.69 Å². The Morgan fingerprint density at radius 2 is 1.92 bits per heavy atom. The van der Waals surface area contributed by atoms with E-state index < -0.39 is 5.97 Å². The highest BCUT2D eigenvalue weighted by atomic mass is 35.5. The molecule has 0 saturated carbocycles. The van der Waals surface area contributed by atoms with Gasteiger partial charge in [0.05, 0.1) is 5.69 Å². The summed E-state index contributed by atoms with van der Waals surface area (Å²) in [6, 6.07) is 13.8. The first-order valence-electron chi connectivity index (χ1n) is 7.92. The summed E-state index contributed by atoms with van der Waals surface area (Å²) in [7, 11) is 0. The number of hydrogen-bond acceptors (Lipinski definition) is 3. The molecule has 0 aliphatic rings. The quantitative estimate of drug-likeness (QED) is 0.643. The molecule has 1 heterocycles. The topological polar surface area (TPSA) is 74.8 Å². The number of aromatic nitrogens is 1. The molecule has 0 aliphatic heterocycles. The van der Waals surface area contributed by atoms with Crippen LogP contribution in [0.2, 0.25) is 5.02 Å². The van der Waals surface area contributed by atoms with Crippen molar-refractivity contribution in [3.63, 3.8) is 0 Å². The van der Waals surface area contributed by atoms with Crippen LogP contribution >= 0.6 is 11.6 Å². The molecule has 0 radical (unpaired) electrons. The number of halogens is 1. The predicted octanol–water partition coefficient (Wildman–Crippen LogP) is 4.90. The van der Waals surface area contributed by atoms with Crippen molar-refractivity contribution in [3.8, 4) is 11.4 Å². The maximum atomic E-state index is 11.1. The van der Waals surface area contributed by atoms with Crippen LogP contribution in [0, 0.1) is 13.8 Å². The first kappa shape index (κ1) is 17.8. The summed E-state index contributed by atoms with van der Waals surface area (Å²) in [5, 5.41) is 19.3. The number of carboxylic acids is 1. The van der Waals surface area contributed by atoms with E-state index in [0.29, 0.717) is 10.7 Å². The smallest absolute Gasteiger partial charge is 0.339 e. The average molecular weight is 369 g/mol. The van der Waals surface area contributed by atoms with Crippen LogP contribution in [-0.4, -0.2) is 27.0 Å². The zero-order chi connectivity index (χ0) is 18.8. The monoisotopic (exact) mass is 368 g/mol. The molecule has 0 amide bonds. The number of hydrogen-bond donors (Lipinski definition) is 2. The van der Waals surface area contributed by atoms with E-state index in [9.17, 15) is 9.90 Å². The standard InChI is InChI=1S/C20H17ClN2O3/c1-12-8-14(13(2)23(12)17-5-3-4-15(21)9-17)11-22-16-6-7-19(24)18(10-16)20(25)26/h3-11,24H,1-2H3,(H,25,26). The zero-order valence-electron chi connectivity index (χ0n) is 14.3. The molecule has 1 aromatic heterocycles. The molecule has 0 atom stereocenters. The van der Waals surface area contributed by atoms with Gasteiger partial charge < -0.3 is 14.8 Å². The first-order chi connectivity index (χ1) is 12.4. The van der Waals surface area contributed by atoms with E-state index in [4.69, 9.17) is 16.7 Å². The van der Waals surface area contributed by atoms with Gasteiger partial charge in [-0.3, -0.25) is 4.99 Å².